The summed E-state index contributed by atoms with van der Waals surface area (Å²) in [6.45, 7) is 6.84. The van der Waals surface area contributed by atoms with Gasteiger partial charge >= 0.3 is 0 Å². The molecule has 0 radical (unpaired) electrons. The molecule has 8 heteroatoms. The lowest BCUT2D eigenvalue weighted by molar-refractivity contribution is -0.127. The highest BCUT2D eigenvalue weighted by Crippen LogP contribution is 2.17. The van der Waals surface area contributed by atoms with Crippen LogP contribution < -0.4 is 10.6 Å². The van der Waals surface area contributed by atoms with Crippen molar-refractivity contribution in [1.29, 1.82) is 0 Å². The van der Waals surface area contributed by atoms with E-state index >= 15 is 0 Å². The average Bonchev–Trinajstić information content (AvgIpc) is 3.44. The van der Waals surface area contributed by atoms with Crippen LogP contribution in [0.15, 0.2) is 16.8 Å². The van der Waals surface area contributed by atoms with Crippen LogP contribution in [-0.4, -0.2) is 66.9 Å². The number of amides is 2. The maximum atomic E-state index is 13.0. The maximum Gasteiger partial charge on any atom is 0.252 e. The SMILES string of the molecule is CC(C)CCC(NC(=O)c1ccsc1)C(=O)NC1C(=O)COC1CN1CCCC1. The minimum atomic E-state index is -0.675. The van der Waals surface area contributed by atoms with Crippen LogP contribution in [0.25, 0.3) is 0 Å². The molecule has 7 nitrogen and oxygen atoms in total. The number of thiophene rings is 1. The minimum Gasteiger partial charge on any atom is -0.366 e. The molecule has 0 spiro atoms. The van der Waals surface area contributed by atoms with Gasteiger partial charge in [-0.1, -0.05) is 13.8 Å². The highest BCUT2D eigenvalue weighted by molar-refractivity contribution is 7.08. The number of hydrogen-bond acceptors (Lipinski definition) is 6. The Hall–Kier alpha value is -1.77. The number of likely N-dealkylation sites (tertiary alicyclic amines) is 1. The topological polar surface area (TPSA) is 87.7 Å². The van der Waals surface area contributed by atoms with Crippen LogP contribution in [0.3, 0.4) is 0 Å². The van der Waals surface area contributed by atoms with Gasteiger partial charge in [-0.15, -0.1) is 0 Å². The molecule has 29 heavy (non-hydrogen) atoms. The number of carbonyl (C=O) groups is 3. The second-order valence-corrected chi connectivity index (χ2v) is 9.10. The van der Waals surface area contributed by atoms with E-state index in [-0.39, 0.29) is 30.3 Å². The smallest absolute Gasteiger partial charge is 0.252 e. The van der Waals surface area contributed by atoms with Gasteiger partial charge in [0.2, 0.25) is 5.91 Å². The summed E-state index contributed by atoms with van der Waals surface area (Å²) in [4.78, 5) is 40.1. The first-order valence-electron chi connectivity index (χ1n) is 10.4. The van der Waals surface area contributed by atoms with Crippen LogP contribution in [0.5, 0.6) is 0 Å². The molecular formula is C21H31N3O4S. The zero-order valence-electron chi connectivity index (χ0n) is 17.2. The molecule has 0 bridgehead atoms. The van der Waals surface area contributed by atoms with Crippen LogP contribution in [0, 0.1) is 5.92 Å². The Kier molecular flexibility index (Phi) is 7.80. The zero-order valence-corrected chi connectivity index (χ0v) is 18.0. The van der Waals surface area contributed by atoms with Crippen molar-refractivity contribution in [2.75, 3.05) is 26.2 Å². The van der Waals surface area contributed by atoms with E-state index < -0.39 is 12.1 Å². The van der Waals surface area contributed by atoms with Crippen molar-refractivity contribution in [3.63, 3.8) is 0 Å². The second-order valence-electron chi connectivity index (χ2n) is 8.32. The molecule has 2 saturated heterocycles. The van der Waals surface area contributed by atoms with E-state index in [1.54, 1.807) is 11.4 Å². The second kappa shape index (κ2) is 10.3. The van der Waals surface area contributed by atoms with Crippen molar-refractivity contribution in [3.8, 4) is 0 Å². The largest absolute Gasteiger partial charge is 0.366 e. The van der Waals surface area contributed by atoms with Gasteiger partial charge in [0, 0.05) is 11.9 Å². The van der Waals surface area contributed by atoms with Crippen molar-refractivity contribution in [1.82, 2.24) is 15.5 Å². The lowest BCUT2D eigenvalue weighted by atomic mass is 10.0. The van der Waals surface area contributed by atoms with Gasteiger partial charge < -0.3 is 20.3 Å². The van der Waals surface area contributed by atoms with Gasteiger partial charge in [0.15, 0.2) is 5.78 Å². The monoisotopic (exact) mass is 421 g/mol. The number of carbonyl (C=O) groups excluding carboxylic acids is 3. The van der Waals surface area contributed by atoms with Crippen molar-refractivity contribution < 1.29 is 19.1 Å². The molecule has 0 saturated carbocycles. The molecule has 3 heterocycles. The summed E-state index contributed by atoms with van der Waals surface area (Å²) >= 11 is 1.44. The Morgan fingerprint density at radius 1 is 1.28 bits per heavy atom. The van der Waals surface area contributed by atoms with Crippen LogP contribution >= 0.6 is 11.3 Å². The van der Waals surface area contributed by atoms with Gasteiger partial charge in [0.1, 0.15) is 18.7 Å². The number of ketones is 1. The predicted molar refractivity (Wildman–Crippen MR) is 112 cm³/mol. The maximum absolute atomic E-state index is 13.0. The minimum absolute atomic E-state index is 0.0291. The third-order valence-corrected chi connectivity index (χ3v) is 6.21. The van der Waals surface area contributed by atoms with Gasteiger partial charge in [-0.25, -0.2) is 0 Å². The Balaban J connectivity index is 1.63. The van der Waals surface area contributed by atoms with E-state index in [9.17, 15) is 14.4 Å². The highest BCUT2D eigenvalue weighted by Gasteiger charge is 2.39. The molecule has 1 aromatic rings. The van der Waals surface area contributed by atoms with E-state index in [0.717, 1.165) is 32.4 Å². The summed E-state index contributed by atoms with van der Waals surface area (Å²) < 4.78 is 5.67. The third kappa shape index (κ3) is 6.10. The van der Waals surface area contributed by atoms with Crippen LogP contribution in [0.4, 0.5) is 0 Å². The van der Waals surface area contributed by atoms with E-state index in [1.807, 2.05) is 5.38 Å². The van der Waals surface area contributed by atoms with E-state index in [4.69, 9.17) is 4.74 Å². The van der Waals surface area contributed by atoms with Gasteiger partial charge in [0.25, 0.3) is 5.91 Å². The Morgan fingerprint density at radius 2 is 2.03 bits per heavy atom. The van der Waals surface area contributed by atoms with Gasteiger partial charge in [-0.3, -0.25) is 14.4 Å². The normalized spacial score (nSPS) is 23.5. The molecule has 2 N–H and O–H groups in total. The average molecular weight is 422 g/mol. The lowest BCUT2D eigenvalue weighted by Crippen LogP contribution is -2.54. The molecule has 2 amide bonds. The Labute approximate surface area is 176 Å². The fraction of sp³-hybridized carbons (Fsp3) is 0.667. The van der Waals surface area contributed by atoms with Crippen LogP contribution in [0.1, 0.15) is 49.9 Å². The Morgan fingerprint density at radius 3 is 2.69 bits per heavy atom. The molecule has 0 aromatic carbocycles. The molecule has 0 aliphatic carbocycles. The summed E-state index contributed by atoms with van der Waals surface area (Å²) in [5, 5.41) is 9.31. The molecule has 2 fully saturated rings. The molecule has 3 unspecified atom stereocenters. The first-order chi connectivity index (χ1) is 13.9. The molecule has 3 rings (SSSR count). The fourth-order valence-corrected chi connectivity index (χ4v) is 4.43. The molecular weight excluding hydrogens is 390 g/mol. The quantitative estimate of drug-likeness (QED) is 0.635. The van der Waals surface area contributed by atoms with Crippen molar-refractivity contribution >= 4 is 28.9 Å². The number of ether oxygens (including phenoxy) is 1. The van der Waals surface area contributed by atoms with Crippen molar-refractivity contribution in [2.45, 2.75) is 57.7 Å². The highest BCUT2D eigenvalue weighted by atomic mass is 32.1. The van der Waals surface area contributed by atoms with Gasteiger partial charge in [-0.2, -0.15) is 11.3 Å². The van der Waals surface area contributed by atoms with Crippen molar-refractivity contribution in [3.05, 3.63) is 22.4 Å². The van der Waals surface area contributed by atoms with E-state index in [0.29, 0.717) is 24.4 Å². The molecule has 160 valence electrons. The van der Waals surface area contributed by atoms with Gasteiger partial charge in [-0.05, 0) is 56.1 Å². The number of nitrogens with zero attached hydrogens (tertiary/aromatic N) is 1. The van der Waals surface area contributed by atoms with Crippen LogP contribution in [-0.2, 0) is 14.3 Å². The standard InChI is InChI=1S/C21H31N3O4S/c1-14(2)5-6-16(22-20(26)15-7-10-29-13-15)21(27)23-19-17(25)12-28-18(19)11-24-8-3-4-9-24/h7,10,13-14,16,18-19H,3-6,8-9,11-12H2,1-2H3,(H,22,26)(H,23,27). The van der Waals surface area contributed by atoms with E-state index in [2.05, 4.69) is 29.4 Å². The summed E-state index contributed by atoms with van der Waals surface area (Å²) in [7, 11) is 0. The third-order valence-electron chi connectivity index (χ3n) is 5.53. The number of hydrogen-bond donors (Lipinski definition) is 2. The fourth-order valence-electron chi connectivity index (χ4n) is 3.79. The van der Waals surface area contributed by atoms with Crippen molar-refractivity contribution in [2.24, 2.45) is 5.92 Å². The first kappa shape index (κ1) is 21.9. The predicted octanol–water partition coefficient (Wildman–Crippen LogP) is 1.83. The number of nitrogens with one attached hydrogen (secondary N) is 2. The molecule has 2 aliphatic heterocycles. The summed E-state index contributed by atoms with van der Waals surface area (Å²) in [6.07, 6.45) is 3.31. The summed E-state index contributed by atoms with van der Waals surface area (Å²) in [5.41, 5.74) is 0.546. The van der Waals surface area contributed by atoms with Crippen LogP contribution in [0.2, 0.25) is 0 Å². The molecule has 3 atom stereocenters. The first-order valence-corrected chi connectivity index (χ1v) is 11.4. The van der Waals surface area contributed by atoms with E-state index in [1.165, 1.54) is 11.3 Å². The molecule has 2 aliphatic rings. The zero-order chi connectivity index (χ0) is 20.8. The summed E-state index contributed by atoms with van der Waals surface area (Å²) in [5.74, 6) is -0.278. The Bertz CT molecular complexity index is 701. The molecule has 1 aromatic heterocycles. The number of Topliss-reactive ketones (excluding diaryl/α,β-unsaturated/α-hetero) is 1. The number of rotatable bonds is 9. The summed E-state index contributed by atoms with van der Waals surface area (Å²) in [6, 6.07) is 0.408. The van der Waals surface area contributed by atoms with Gasteiger partial charge in [0.05, 0.1) is 11.7 Å². The lowest BCUT2D eigenvalue weighted by Gasteiger charge is -2.26.